The largest absolute Gasteiger partial charge is 0.323 e. The molecule has 1 aliphatic heterocycles. The van der Waals surface area contributed by atoms with E-state index in [1.165, 1.54) is 4.90 Å². The third-order valence-corrected chi connectivity index (χ3v) is 3.28. The van der Waals surface area contributed by atoms with Crippen molar-refractivity contribution in [1.82, 2.24) is 4.90 Å². The van der Waals surface area contributed by atoms with Gasteiger partial charge in [0.15, 0.2) is 0 Å². The molecule has 0 radical (unpaired) electrons. The van der Waals surface area contributed by atoms with Crippen LogP contribution in [0.1, 0.15) is 0 Å². The van der Waals surface area contributed by atoms with E-state index < -0.39 is 17.5 Å². The number of thioether (sulfide) groups is 1. The number of benzene rings is 1. The minimum absolute atomic E-state index is 0.0966. The zero-order valence-electron chi connectivity index (χ0n) is 9.28. The van der Waals surface area contributed by atoms with E-state index in [4.69, 9.17) is 0 Å². The zero-order chi connectivity index (χ0) is 13.1. The fraction of sp³-hybridized carbons (Fsp3) is 0.273. The van der Waals surface area contributed by atoms with Crippen molar-refractivity contribution in [3.05, 3.63) is 29.8 Å². The van der Waals surface area contributed by atoms with Crippen LogP contribution in [0.15, 0.2) is 18.2 Å². The van der Waals surface area contributed by atoms with Crippen molar-refractivity contribution < 1.29 is 18.4 Å². The van der Waals surface area contributed by atoms with Gasteiger partial charge in [-0.05, 0) is 12.1 Å². The molecule has 7 heteroatoms. The summed E-state index contributed by atoms with van der Waals surface area (Å²) in [6.07, 6.45) is 0. The summed E-state index contributed by atoms with van der Waals surface area (Å²) in [5.41, 5.74) is -0.0966. The second kappa shape index (κ2) is 5.34. The van der Waals surface area contributed by atoms with E-state index in [0.717, 1.165) is 23.9 Å². The van der Waals surface area contributed by atoms with Crippen LogP contribution in [0.3, 0.4) is 0 Å². The van der Waals surface area contributed by atoms with Crippen molar-refractivity contribution in [2.45, 2.75) is 0 Å². The topological polar surface area (TPSA) is 49.4 Å². The molecule has 0 spiro atoms. The highest BCUT2D eigenvalue weighted by Gasteiger charge is 2.23. The van der Waals surface area contributed by atoms with Crippen LogP contribution in [-0.4, -0.2) is 34.9 Å². The predicted molar refractivity (Wildman–Crippen MR) is 64.4 cm³/mol. The van der Waals surface area contributed by atoms with Gasteiger partial charge in [-0.25, -0.2) is 8.78 Å². The minimum Gasteiger partial charge on any atom is -0.323 e. The lowest BCUT2D eigenvalue weighted by molar-refractivity contribution is -0.116. The van der Waals surface area contributed by atoms with Gasteiger partial charge >= 0.3 is 0 Å². The number of nitrogens with one attached hydrogen (secondary N) is 1. The average molecular weight is 272 g/mol. The molecule has 96 valence electrons. The molecule has 1 heterocycles. The summed E-state index contributed by atoms with van der Waals surface area (Å²) >= 11 is 1.14. The van der Waals surface area contributed by atoms with Crippen LogP contribution in [0.5, 0.6) is 0 Å². The standard InChI is InChI=1S/C11H10F2N2O2S/c12-7-1-2-9(8(13)5-7)14-10(16)6-15-3-4-18-11(15)17/h1-2,5H,3-4,6H2,(H,14,16). The van der Waals surface area contributed by atoms with Crippen molar-refractivity contribution in [2.75, 3.05) is 24.2 Å². The number of rotatable bonds is 3. The van der Waals surface area contributed by atoms with Gasteiger partial charge in [0.25, 0.3) is 5.24 Å². The molecule has 0 unspecified atom stereocenters. The van der Waals surface area contributed by atoms with Gasteiger partial charge in [0.05, 0.1) is 5.69 Å². The summed E-state index contributed by atoms with van der Waals surface area (Å²) in [5.74, 6) is -1.41. The van der Waals surface area contributed by atoms with Crippen molar-refractivity contribution in [1.29, 1.82) is 0 Å². The van der Waals surface area contributed by atoms with Gasteiger partial charge in [-0.15, -0.1) is 0 Å². The lowest BCUT2D eigenvalue weighted by Gasteiger charge is -2.14. The highest BCUT2D eigenvalue weighted by Crippen LogP contribution is 2.18. The molecular weight excluding hydrogens is 262 g/mol. The van der Waals surface area contributed by atoms with E-state index in [1.54, 1.807) is 0 Å². The lowest BCUT2D eigenvalue weighted by Crippen LogP contribution is -2.33. The Morgan fingerprint density at radius 3 is 2.83 bits per heavy atom. The zero-order valence-corrected chi connectivity index (χ0v) is 10.1. The maximum Gasteiger partial charge on any atom is 0.282 e. The van der Waals surface area contributed by atoms with Crippen LogP contribution < -0.4 is 5.32 Å². The highest BCUT2D eigenvalue weighted by molar-refractivity contribution is 8.13. The summed E-state index contributed by atoms with van der Waals surface area (Å²) in [4.78, 5) is 24.2. The van der Waals surface area contributed by atoms with Crippen molar-refractivity contribution in [3.63, 3.8) is 0 Å². The van der Waals surface area contributed by atoms with Crippen LogP contribution in [0.4, 0.5) is 19.3 Å². The number of carbonyl (C=O) groups excluding carboxylic acids is 2. The molecule has 1 N–H and O–H groups in total. The van der Waals surface area contributed by atoms with Crippen LogP contribution in [-0.2, 0) is 4.79 Å². The summed E-state index contributed by atoms with van der Waals surface area (Å²) < 4.78 is 25.9. The van der Waals surface area contributed by atoms with Gasteiger partial charge in [0.2, 0.25) is 5.91 Å². The van der Waals surface area contributed by atoms with Crippen LogP contribution in [0, 0.1) is 11.6 Å². The number of carbonyl (C=O) groups is 2. The summed E-state index contributed by atoms with van der Waals surface area (Å²) in [6.45, 7) is 0.380. The van der Waals surface area contributed by atoms with E-state index in [9.17, 15) is 18.4 Å². The molecule has 0 aromatic heterocycles. The molecular formula is C11H10F2N2O2S. The van der Waals surface area contributed by atoms with E-state index >= 15 is 0 Å². The maximum absolute atomic E-state index is 13.3. The number of amides is 2. The number of hydrogen-bond acceptors (Lipinski definition) is 3. The molecule has 1 aromatic rings. The third-order valence-electron chi connectivity index (χ3n) is 2.38. The quantitative estimate of drug-likeness (QED) is 0.916. The van der Waals surface area contributed by atoms with Crippen molar-refractivity contribution in [3.8, 4) is 0 Å². The molecule has 18 heavy (non-hydrogen) atoms. The van der Waals surface area contributed by atoms with Gasteiger partial charge in [-0.1, -0.05) is 11.8 Å². The molecule has 0 aliphatic carbocycles. The minimum atomic E-state index is -0.842. The Labute approximate surface area is 106 Å². The average Bonchev–Trinajstić information content (AvgIpc) is 2.69. The molecule has 1 saturated heterocycles. The number of hydrogen-bond donors (Lipinski definition) is 1. The van der Waals surface area contributed by atoms with Crippen molar-refractivity contribution in [2.24, 2.45) is 0 Å². The molecule has 4 nitrogen and oxygen atoms in total. The summed E-state index contributed by atoms with van der Waals surface area (Å²) in [7, 11) is 0. The van der Waals surface area contributed by atoms with Crippen LogP contribution in [0.2, 0.25) is 0 Å². The third kappa shape index (κ3) is 2.98. The fourth-order valence-electron chi connectivity index (χ4n) is 1.52. The van der Waals surface area contributed by atoms with Gasteiger partial charge in [-0.3, -0.25) is 9.59 Å². The summed E-state index contributed by atoms with van der Waals surface area (Å²) in [5, 5.41) is 2.14. The van der Waals surface area contributed by atoms with Gasteiger partial charge in [0, 0.05) is 18.4 Å². The van der Waals surface area contributed by atoms with Gasteiger partial charge in [0.1, 0.15) is 18.2 Å². The molecule has 0 saturated carbocycles. The molecule has 0 bridgehead atoms. The van der Waals surface area contributed by atoms with Crippen LogP contribution in [0.25, 0.3) is 0 Å². The van der Waals surface area contributed by atoms with E-state index in [-0.39, 0.29) is 17.5 Å². The first kappa shape index (κ1) is 12.8. The first-order valence-corrected chi connectivity index (χ1v) is 6.21. The highest BCUT2D eigenvalue weighted by atomic mass is 32.2. The molecule has 1 aliphatic rings. The first-order valence-electron chi connectivity index (χ1n) is 5.23. The number of anilines is 1. The Bertz CT molecular complexity index is 496. The fourth-order valence-corrected chi connectivity index (χ4v) is 2.35. The second-order valence-electron chi connectivity index (χ2n) is 3.71. The predicted octanol–water partition coefficient (Wildman–Crippen LogP) is 2.07. The van der Waals surface area contributed by atoms with Crippen molar-refractivity contribution >= 4 is 28.6 Å². The number of nitrogens with zero attached hydrogens (tertiary/aromatic N) is 1. The first-order chi connectivity index (χ1) is 8.56. The van der Waals surface area contributed by atoms with E-state index in [1.807, 2.05) is 0 Å². The smallest absolute Gasteiger partial charge is 0.282 e. The monoisotopic (exact) mass is 272 g/mol. The lowest BCUT2D eigenvalue weighted by atomic mass is 10.3. The number of halogens is 2. The summed E-state index contributed by atoms with van der Waals surface area (Å²) in [6, 6.07) is 2.88. The Kier molecular flexibility index (Phi) is 3.81. The SMILES string of the molecule is O=C(CN1CCSC1=O)Nc1ccc(F)cc1F. The Balaban J connectivity index is 1.96. The Hall–Kier alpha value is -1.63. The Morgan fingerprint density at radius 2 is 2.22 bits per heavy atom. The molecule has 1 aromatic carbocycles. The Morgan fingerprint density at radius 1 is 1.44 bits per heavy atom. The van der Waals surface area contributed by atoms with Crippen LogP contribution >= 0.6 is 11.8 Å². The molecule has 1 fully saturated rings. The maximum atomic E-state index is 13.3. The van der Waals surface area contributed by atoms with Gasteiger partial charge in [-0.2, -0.15) is 0 Å². The molecule has 2 rings (SSSR count). The normalized spacial score (nSPS) is 15.0. The van der Waals surface area contributed by atoms with Gasteiger partial charge < -0.3 is 10.2 Å². The van der Waals surface area contributed by atoms with E-state index in [2.05, 4.69) is 5.32 Å². The molecule has 0 atom stereocenters. The van der Waals surface area contributed by atoms with E-state index in [0.29, 0.717) is 18.4 Å². The second-order valence-corrected chi connectivity index (χ2v) is 4.75. The molecule has 2 amide bonds.